The molecule has 3 N–H and O–H groups in total. The summed E-state index contributed by atoms with van der Waals surface area (Å²) in [6, 6.07) is 17.1. The van der Waals surface area contributed by atoms with Crippen LogP contribution in [0.3, 0.4) is 0 Å². The van der Waals surface area contributed by atoms with Crippen LogP contribution in [0.5, 0.6) is 0 Å². The molecular weight excluding hydrogens is 457 g/mol. The van der Waals surface area contributed by atoms with Gasteiger partial charge in [-0.1, -0.05) is 48.0 Å². The molecule has 4 aromatic rings. The predicted molar refractivity (Wildman–Crippen MR) is 123 cm³/mol. The molecule has 0 radical (unpaired) electrons. The number of nitrogens with one attached hydrogen (secondary N) is 1. The SMILES string of the molecule is N[C@@H](CNc1cc(-c2ccc(C(F)(F)F)c(Cl)c2)ncn1)c1ccc(-c2cccs2)cc1. The Bertz CT molecular complexity index is 1190. The zero-order valence-electron chi connectivity index (χ0n) is 16.6. The van der Waals surface area contributed by atoms with E-state index in [9.17, 15) is 13.2 Å². The van der Waals surface area contributed by atoms with Crippen LogP contribution >= 0.6 is 22.9 Å². The smallest absolute Gasteiger partial charge is 0.368 e. The van der Waals surface area contributed by atoms with E-state index in [4.69, 9.17) is 17.3 Å². The molecule has 0 aliphatic rings. The molecule has 0 aliphatic carbocycles. The largest absolute Gasteiger partial charge is 0.417 e. The van der Waals surface area contributed by atoms with E-state index < -0.39 is 11.7 Å². The molecule has 4 nitrogen and oxygen atoms in total. The summed E-state index contributed by atoms with van der Waals surface area (Å²) in [5, 5.41) is 4.82. The number of halogens is 4. The second-order valence-electron chi connectivity index (χ2n) is 7.07. The number of alkyl halides is 3. The third-order valence-corrected chi connectivity index (χ3v) is 6.12. The van der Waals surface area contributed by atoms with Crippen molar-refractivity contribution in [3.63, 3.8) is 0 Å². The third-order valence-electron chi connectivity index (χ3n) is 4.88. The highest BCUT2D eigenvalue weighted by Gasteiger charge is 2.33. The summed E-state index contributed by atoms with van der Waals surface area (Å²) in [6.07, 6.45) is -3.17. The van der Waals surface area contributed by atoms with Crippen molar-refractivity contribution in [2.24, 2.45) is 5.73 Å². The molecule has 0 aliphatic heterocycles. The Balaban J connectivity index is 1.43. The molecule has 4 rings (SSSR count). The molecule has 0 fully saturated rings. The molecule has 2 aromatic heterocycles. The molecule has 0 saturated heterocycles. The molecule has 32 heavy (non-hydrogen) atoms. The molecule has 2 aromatic carbocycles. The highest BCUT2D eigenvalue weighted by Crippen LogP contribution is 2.36. The first-order chi connectivity index (χ1) is 15.3. The van der Waals surface area contributed by atoms with Crippen molar-refractivity contribution in [2.45, 2.75) is 12.2 Å². The molecule has 0 saturated carbocycles. The maximum atomic E-state index is 12.9. The average Bonchev–Trinajstić information content (AvgIpc) is 3.32. The Morgan fingerprint density at radius 2 is 1.75 bits per heavy atom. The van der Waals surface area contributed by atoms with Gasteiger partial charge < -0.3 is 11.1 Å². The summed E-state index contributed by atoms with van der Waals surface area (Å²) in [5.41, 5.74) is 8.45. The van der Waals surface area contributed by atoms with E-state index in [-0.39, 0.29) is 11.1 Å². The maximum Gasteiger partial charge on any atom is 0.417 e. The van der Waals surface area contributed by atoms with Gasteiger partial charge in [-0.05, 0) is 34.7 Å². The van der Waals surface area contributed by atoms with Crippen molar-refractivity contribution in [2.75, 3.05) is 11.9 Å². The van der Waals surface area contributed by atoms with E-state index in [1.807, 2.05) is 35.7 Å². The van der Waals surface area contributed by atoms with Gasteiger partial charge in [-0.3, -0.25) is 0 Å². The monoisotopic (exact) mass is 474 g/mol. The fraction of sp³-hybridized carbons (Fsp3) is 0.130. The van der Waals surface area contributed by atoms with Crippen LogP contribution in [0.4, 0.5) is 19.0 Å². The first kappa shape index (κ1) is 22.3. The van der Waals surface area contributed by atoms with Crippen LogP contribution in [0.15, 0.2) is 72.4 Å². The van der Waals surface area contributed by atoms with E-state index in [2.05, 4.69) is 21.4 Å². The summed E-state index contributed by atoms with van der Waals surface area (Å²) in [6.45, 7) is 0.419. The molecule has 164 valence electrons. The minimum Gasteiger partial charge on any atom is -0.368 e. The van der Waals surface area contributed by atoms with Crippen molar-refractivity contribution in [1.82, 2.24) is 9.97 Å². The summed E-state index contributed by atoms with van der Waals surface area (Å²) >= 11 is 7.50. The van der Waals surface area contributed by atoms with Crippen LogP contribution in [0.1, 0.15) is 17.2 Å². The van der Waals surface area contributed by atoms with E-state index >= 15 is 0 Å². The van der Waals surface area contributed by atoms with E-state index in [1.54, 1.807) is 17.4 Å². The summed E-state index contributed by atoms with van der Waals surface area (Å²) in [5.74, 6) is 0.511. The zero-order valence-corrected chi connectivity index (χ0v) is 18.2. The number of hydrogen-bond donors (Lipinski definition) is 2. The zero-order chi connectivity index (χ0) is 22.7. The normalized spacial score (nSPS) is 12.5. The summed E-state index contributed by atoms with van der Waals surface area (Å²) < 4.78 is 38.8. The number of thiophene rings is 1. The van der Waals surface area contributed by atoms with Gasteiger partial charge in [0, 0.05) is 29.1 Å². The lowest BCUT2D eigenvalue weighted by Gasteiger charge is -2.15. The number of anilines is 1. The quantitative estimate of drug-likeness (QED) is 0.328. The Labute approximate surface area is 191 Å². The van der Waals surface area contributed by atoms with Gasteiger partial charge >= 0.3 is 6.18 Å². The van der Waals surface area contributed by atoms with E-state index in [0.29, 0.717) is 23.6 Å². The number of nitrogens with zero attached hydrogens (tertiary/aromatic N) is 2. The van der Waals surface area contributed by atoms with Crippen LogP contribution in [-0.4, -0.2) is 16.5 Å². The third kappa shape index (κ3) is 5.09. The van der Waals surface area contributed by atoms with E-state index in [1.165, 1.54) is 23.3 Å². The Morgan fingerprint density at radius 1 is 1.00 bits per heavy atom. The van der Waals surface area contributed by atoms with Crippen molar-refractivity contribution in [3.8, 4) is 21.7 Å². The molecule has 9 heteroatoms. The number of hydrogen-bond acceptors (Lipinski definition) is 5. The molecule has 0 bridgehead atoms. The first-order valence-electron chi connectivity index (χ1n) is 9.64. The second-order valence-corrected chi connectivity index (χ2v) is 8.42. The molecule has 0 spiro atoms. The minimum atomic E-state index is -4.51. The van der Waals surface area contributed by atoms with Crippen molar-refractivity contribution in [1.29, 1.82) is 0 Å². The van der Waals surface area contributed by atoms with Crippen molar-refractivity contribution in [3.05, 3.63) is 88.5 Å². The number of aromatic nitrogens is 2. The van der Waals surface area contributed by atoms with Gasteiger partial charge in [0.25, 0.3) is 0 Å². The fourth-order valence-electron chi connectivity index (χ4n) is 3.19. The molecule has 0 unspecified atom stereocenters. The van der Waals surface area contributed by atoms with Gasteiger partial charge in [-0.15, -0.1) is 11.3 Å². The number of benzene rings is 2. The average molecular weight is 475 g/mol. The van der Waals surface area contributed by atoms with Gasteiger partial charge in [0.05, 0.1) is 16.3 Å². The van der Waals surface area contributed by atoms with Gasteiger partial charge in [-0.25, -0.2) is 9.97 Å². The Hall–Kier alpha value is -2.94. The maximum absolute atomic E-state index is 12.9. The summed E-state index contributed by atoms with van der Waals surface area (Å²) in [7, 11) is 0. The lowest BCUT2D eigenvalue weighted by Crippen LogP contribution is -2.21. The predicted octanol–water partition coefficient (Wildman–Crippen LogP) is 6.66. The lowest BCUT2D eigenvalue weighted by atomic mass is 10.0. The van der Waals surface area contributed by atoms with Crippen LogP contribution < -0.4 is 11.1 Å². The topological polar surface area (TPSA) is 63.8 Å². The van der Waals surface area contributed by atoms with Crippen LogP contribution in [0.25, 0.3) is 21.7 Å². The second kappa shape index (κ2) is 9.28. The standard InChI is InChI=1S/C23H18ClF3N4S/c24-18-10-16(7-8-17(18)23(25,26)27)20-11-22(31-13-30-20)29-12-19(28)14-3-5-15(6-4-14)21-2-1-9-32-21/h1-11,13,19H,12,28H2,(H,29,30,31)/t19-/m0/s1. The number of nitrogens with two attached hydrogens (primary N) is 1. The molecule has 0 amide bonds. The lowest BCUT2D eigenvalue weighted by molar-refractivity contribution is -0.137. The van der Waals surface area contributed by atoms with Crippen LogP contribution in [0.2, 0.25) is 5.02 Å². The van der Waals surface area contributed by atoms with Crippen molar-refractivity contribution < 1.29 is 13.2 Å². The molecule has 2 heterocycles. The number of rotatable bonds is 6. The summed E-state index contributed by atoms with van der Waals surface area (Å²) in [4.78, 5) is 9.50. The first-order valence-corrected chi connectivity index (χ1v) is 10.9. The minimum absolute atomic E-state index is 0.272. The van der Waals surface area contributed by atoms with Gasteiger partial charge in [0.2, 0.25) is 0 Å². The molecule has 1 atom stereocenters. The van der Waals surface area contributed by atoms with Gasteiger partial charge in [0.15, 0.2) is 0 Å². The van der Waals surface area contributed by atoms with E-state index in [0.717, 1.165) is 17.2 Å². The Morgan fingerprint density at radius 3 is 2.41 bits per heavy atom. The fourth-order valence-corrected chi connectivity index (χ4v) is 4.21. The van der Waals surface area contributed by atoms with Gasteiger partial charge in [0.1, 0.15) is 12.1 Å². The van der Waals surface area contributed by atoms with Crippen molar-refractivity contribution >= 4 is 28.8 Å². The van der Waals surface area contributed by atoms with Gasteiger partial charge in [-0.2, -0.15) is 13.2 Å². The van der Waals surface area contributed by atoms with Crippen LogP contribution in [-0.2, 0) is 6.18 Å². The highest BCUT2D eigenvalue weighted by molar-refractivity contribution is 7.13. The molecular formula is C23H18ClF3N4S. The highest BCUT2D eigenvalue weighted by atomic mass is 35.5. The van der Waals surface area contributed by atoms with Crippen LogP contribution in [0, 0.1) is 0 Å². The Kier molecular flexibility index (Phi) is 6.45.